The fourth-order valence-corrected chi connectivity index (χ4v) is 6.00. The average Bonchev–Trinajstić information content (AvgIpc) is 2.90. The molecular weight excluding hydrogens is 502 g/mol. The number of anilines is 1. The summed E-state index contributed by atoms with van der Waals surface area (Å²) in [6.45, 7) is 8.51. The van der Waals surface area contributed by atoms with Crippen LogP contribution in [-0.4, -0.2) is 54.7 Å². The molecule has 2 unspecified atom stereocenters. The second kappa shape index (κ2) is 18.5. The lowest BCUT2D eigenvalue weighted by Gasteiger charge is -2.28. The van der Waals surface area contributed by atoms with Gasteiger partial charge in [-0.2, -0.15) is 0 Å². The number of nitrogens with one attached hydrogen (secondary N) is 1. The molecule has 38 heavy (non-hydrogen) atoms. The Morgan fingerprint density at radius 3 is 2.21 bits per heavy atom. The highest BCUT2D eigenvalue weighted by Gasteiger charge is 2.30. The maximum Gasteiger partial charge on any atom is 0.305 e. The summed E-state index contributed by atoms with van der Waals surface area (Å²) >= 11 is 0. The molecule has 0 saturated heterocycles. The summed E-state index contributed by atoms with van der Waals surface area (Å²) in [7, 11) is 0.265. The molecule has 1 N–H and O–H groups in total. The number of rotatable bonds is 19. The first-order chi connectivity index (χ1) is 18.5. The third-order valence-electron chi connectivity index (χ3n) is 5.55. The SMILES string of the molecule is CCCCOCC(Oc1ccccc1)C(OC(C)=O)Oc1ccccc1NC(=O)CC[S+](CCC)CCC. The van der Waals surface area contributed by atoms with Crippen LogP contribution in [0.3, 0.4) is 0 Å². The van der Waals surface area contributed by atoms with Gasteiger partial charge < -0.3 is 24.3 Å². The van der Waals surface area contributed by atoms with Gasteiger partial charge in [0, 0.05) is 13.5 Å². The molecule has 1 amide bonds. The standard InChI is InChI=1S/C30H43NO6S/c1-5-8-19-34-23-28(36-25-14-10-9-11-15-25)30(35-24(4)32)37-27-17-13-12-16-26(27)31-29(33)18-22-38(20-6-2)21-7-3/h9-17,28,30H,5-8,18-23H2,1-4H3/p+1. The smallest absolute Gasteiger partial charge is 0.305 e. The molecule has 8 heteroatoms. The van der Waals surface area contributed by atoms with E-state index in [2.05, 4.69) is 26.1 Å². The van der Waals surface area contributed by atoms with Gasteiger partial charge in [0.05, 0.1) is 18.7 Å². The second-order valence-electron chi connectivity index (χ2n) is 9.01. The maximum absolute atomic E-state index is 12.8. The molecule has 0 radical (unpaired) electrons. The predicted octanol–water partition coefficient (Wildman–Crippen LogP) is 5.99. The van der Waals surface area contributed by atoms with E-state index < -0.39 is 18.4 Å². The minimum absolute atomic E-state index is 0.0604. The second-order valence-corrected chi connectivity index (χ2v) is 11.5. The molecule has 2 aromatic carbocycles. The van der Waals surface area contributed by atoms with Gasteiger partial charge in [-0.25, -0.2) is 0 Å². The van der Waals surface area contributed by atoms with Crippen molar-refractivity contribution in [2.45, 2.75) is 72.2 Å². The molecule has 210 valence electrons. The topological polar surface area (TPSA) is 83.1 Å². The number of hydrogen-bond donors (Lipinski definition) is 1. The van der Waals surface area contributed by atoms with Gasteiger partial charge in [0.2, 0.25) is 5.91 Å². The van der Waals surface area contributed by atoms with E-state index in [9.17, 15) is 9.59 Å². The lowest BCUT2D eigenvalue weighted by molar-refractivity contribution is -0.179. The third kappa shape index (κ3) is 12.2. The highest BCUT2D eigenvalue weighted by molar-refractivity contribution is 7.96. The molecule has 0 aliphatic heterocycles. The highest BCUT2D eigenvalue weighted by atomic mass is 32.2. The molecule has 2 aromatic rings. The van der Waals surface area contributed by atoms with Crippen LogP contribution in [0, 0.1) is 0 Å². The Morgan fingerprint density at radius 1 is 0.868 bits per heavy atom. The Balaban J connectivity index is 2.17. The van der Waals surface area contributed by atoms with Crippen molar-refractivity contribution in [1.29, 1.82) is 0 Å². The number of unbranched alkanes of at least 4 members (excludes halogenated alkanes) is 1. The van der Waals surface area contributed by atoms with Crippen molar-refractivity contribution < 1.29 is 28.5 Å². The van der Waals surface area contributed by atoms with E-state index >= 15 is 0 Å². The van der Waals surface area contributed by atoms with Crippen molar-refractivity contribution in [3.05, 3.63) is 54.6 Å². The van der Waals surface area contributed by atoms with Gasteiger partial charge in [-0.15, -0.1) is 0 Å². The van der Waals surface area contributed by atoms with Crippen LogP contribution < -0.4 is 14.8 Å². The van der Waals surface area contributed by atoms with Gasteiger partial charge in [-0.05, 0) is 54.4 Å². The van der Waals surface area contributed by atoms with Crippen molar-refractivity contribution in [2.24, 2.45) is 0 Å². The van der Waals surface area contributed by atoms with Gasteiger partial charge in [0.25, 0.3) is 6.29 Å². The lowest BCUT2D eigenvalue weighted by Crippen LogP contribution is -2.43. The molecule has 0 aliphatic carbocycles. The Hall–Kier alpha value is -2.71. The largest absolute Gasteiger partial charge is 0.480 e. The fourth-order valence-electron chi connectivity index (χ4n) is 3.76. The van der Waals surface area contributed by atoms with Crippen LogP contribution in [0.5, 0.6) is 11.5 Å². The summed E-state index contributed by atoms with van der Waals surface area (Å²) in [6, 6.07) is 16.4. The number of esters is 1. The molecule has 0 saturated carbocycles. The minimum Gasteiger partial charge on any atom is -0.480 e. The molecule has 2 rings (SSSR count). The van der Waals surface area contributed by atoms with Gasteiger partial charge in [0.1, 0.15) is 28.8 Å². The highest BCUT2D eigenvalue weighted by Crippen LogP contribution is 2.27. The molecule has 0 bridgehead atoms. The number of para-hydroxylation sites is 3. The molecule has 7 nitrogen and oxygen atoms in total. The van der Waals surface area contributed by atoms with Gasteiger partial charge in [0.15, 0.2) is 6.10 Å². The number of benzene rings is 2. The Labute approximate surface area is 230 Å². The Bertz CT molecular complexity index is 935. The summed E-state index contributed by atoms with van der Waals surface area (Å²) in [6.07, 6.45) is 2.80. The summed E-state index contributed by atoms with van der Waals surface area (Å²) in [5.74, 6) is 3.63. The molecule has 2 atom stereocenters. The molecule has 0 spiro atoms. The number of carbonyl (C=O) groups is 2. The van der Waals surface area contributed by atoms with Crippen LogP contribution in [0.15, 0.2) is 54.6 Å². The number of carbonyl (C=O) groups excluding carboxylic acids is 2. The predicted molar refractivity (Wildman–Crippen MR) is 155 cm³/mol. The molecular formula is C30H44NO6S+. The monoisotopic (exact) mass is 546 g/mol. The van der Waals surface area contributed by atoms with Crippen LogP contribution in [0.25, 0.3) is 0 Å². The molecule has 0 fully saturated rings. The quantitative estimate of drug-likeness (QED) is 0.101. The Morgan fingerprint density at radius 2 is 1.55 bits per heavy atom. The minimum atomic E-state index is -1.09. The van der Waals surface area contributed by atoms with Crippen molar-refractivity contribution in [2.75, 3.05) is 35.8 Å². The van der Waals surface area contributed by atoms with Crippen molar-refractivity contribution in [3.8, 4) is 11.5 Å². The summed E-state index contributed by atoms with van der Waals surface area (Å²) in [5, 5.41) is 2.99. The van der Waals surface area contributed by atoms with Gasteiger partial charge in [-0.3, -0.25) is 9.59 Å². The van der Waals surface area contributed by atoms with E-state index in [0.717, 1.165) is 42.9 Å². The number of amides is 1. The molecule has 0 aromatic heterocycles. The summed E-state index contributed by atoms with van der Waals surface area (Å²) in [4.78, 5) is 24.9. The first kappa shape index (κ1) is 31.5. The van der Waals surface area contributed by atoms with Crippen LogP contribution in [-0.2, 0) is 30.0 Å². The van der Waals surface area contributed by atoms with Gasteiger partial charge >= 0.3 is 5.97 Å². The lowest BCUT2D eigenvalue weighted by atomic mass is 10.2. The average molecular weight is 547 g/mol. The zero-order valence-corrected chi connectivity index (χ0v) is 24.1. The zero-order chi connectivity index (χ0) is 27.6. The maximum atomic E-state index is 12.8. The van der Waals surface area contributed by atoms with Crippen molar-refractivity contribution in [1.82, 2.24) is 0 Å². The normalized spacial score (nSPS) is 12.6. The van der Waals surface area contributed by atoms with E-state index in [0.29, 0.717) is 30.2 Å². The van der Waals surface area contributed by atoms with E-state index in [1.807, 2.05) is 36.4 Å². The first-order valence-electron chi connectivity index (χ1n) is 13.6. The van der Waals surface area contributed by atoms with Crippen molar-refractivity contribution >= 4 is 28.5 Å². The molecule has 0 aliphatic rings. The van der Waals surface area contributed by atoms with E-state index in [4.69, 9.17) is 18.9 Å². The van der Waals surface area contributed by atoms with Crippen LogP contribution in [0.2, 0.25) is 0 Å². The Kier molecular flexibility index (Phi) is 15.4. The first-order valence-corrected chi connectivity index (χ1v) is 15.4. The van der Waals surface area contributed by atoms with Crippen LogP contribution in [0.4, 0.5) is 5.69 Å². The van der Waals surface area contributed by atoms with E-state index in [-0.39, 0.29) is 23.4 Å². The number of hydrogen-bond acceptors (Lipinski definition) is 6. The van der Waals surface area contributed by atoms with E-state index in [1.165, 1.54) is 6.92 Å². The summed E-state index contributed by atoms with van der Waals surface area (Å²) < 4.78 is 23.7. The molecule has 0 heterocycles. The van der Waals surface area contributed by atoms with Gasteiger partial charge in [-0.1, -0.05) is 57.5 Å². The zero-order valence-electron chi connectivity index (χ0n) is 23.3. The summed E-state index contributed by atoms with van der Waals surface area (Å²) in [5.41, 5.74) is 0.519. The van der Waals surface area contributed by atoms with Crippen LogP contribution >= 0.6 is 0 Å². The number of ether oxygens (including phenoxy) is 4. The van der Waals surface area contributed by atoms with Crippen LogP contribution in [0.1, 0.15) is 59.8 Å². The van der Waals surface area contributed by atoms with Crippen molar-refractivity contribution in [3.63, 3.8) is 0 Å². The van der Waals surface area contributed by atoms with E-state index in [1.54, 1.807) is 18.2 Å². The third-order valence-corrected chi connectivity index (χ3v) is 8.30. The fraction of sp³-hybridized carbons (Fsp3) is 0.533.